The number of hydrogen-bond donors (Lipinski definition) is 0. The highest BCUT2D eigenvalue weighted by molar-refractivity contribution is 6.21. The Morgan fingerprint density at radius 3 is 2.54 bits per heavy atom. The molecule has 1 aliphatic rings. The monoisotopic (exact) mass is 351 g/mol. The summed E-state index contributed by atoms with van der Waals surface area (Å²) in [6.07, 6.45) is 9.97. The van der Waals surface area contributed by atoms with Crippen molar-refractivity contribution in [3.63, 3.8) is 0 Å². The highest BCUT2D eigenvalue weighted by Gasteiger charge is 2.23. The van der Waals surface area contributed by atoms with Crippen molar-refractivity contribution < 1.29 is 4.74 Å². The predicted octanol–water partition coefficient (Wildman–Crippen LogP) is 5.64. The fourth-order valence-electron chi connectivity index (χ4n) is 3.40. The number of hydrogen-bond acceptors (Lipinski definition) is 2. The largest absolute Gasteiger partial charge is 0.377 e. The van der Waals surface area contributed by atoms with E-state index in [0.717, 1.165) is 39.0 Å². The minimum atomic E-state index is 0.234. The van der Waals surface area contributed by atoms with Crippen LogP contribution in [0.25, 0.3) is 0 Å². The van der Waals surface area contributed by atoms with E-state index in [1.165, 1.54) is 44.2 Å². The third kappa shape index (κ3) is 7.55. The van der Waals surface area contributed by atoms with Gasteiger partial charge >= 0.3 is 0 Å². The smallest absolute Gasteiger partial charge is 0.0738 e. The number of halogens is 1. The predicted molar refractivity (Wildman–Crippen MR) is 104 cm³/mol. The standard InChI is InChI=1S/C21H34ClNO/c1-2-3-15-23(18-19-11-5-4-6-12-19)16-9-10-17-24-21-14-8-7-13-20(21)22/h4-6,11-12,20-21H,2-3,7-10,13-18H2,1H3. The van der Waals surface area contributed by atoms with Gasteiger partial charge < -0.3 is 4.74 Å². The van der Waals surface area contributed by atoms with E-state index in [9.17, 15) is 0 Å². The molecule has 1 fully saturated rings. The molecule has 0 bridgehead atoms. The van der Waals surface area contributed by atoms with Gasteiger partial charge in [0.05, 0.1) is 11.5 Å². The van der Waals surface area contributed by atoms with Gasteiger partial charge in [0.25, 0.3) is 0 Å². The van der Waals surface area contributed by atoms with E-state index in [-0.39, 0.29) is 5.38 Å². The van der Waals surface area contributed by atoms with Crippen LogP contribution in [0.1, 0.15) is 63.9 Å². The van der Waals surface area contributed by atoms with Crippen molar-refractivity contribution in [1.29, 1.82) is 0 Å². The Labute approximate surface area is 153 Å². The maximum Gasteiger partial charge on any atom is 0.0738 e. The van der Waals surface area contributed by atoms with Gasteiger partial charge in [-0.2, -0.15) is 0 Å². The van der Waals surface area contributed by atoms with Gasteiger partial charge in [-0.3, -0.25) is 4.90 Å². The third-order valence-electron chi connectivity index (χ3n) is 4.90. The van der Waals surface area contributed by atoms with Crippen molar-refractivity contribution in [2.75, 3.05) is 19.7 Å². The summed E-state index contributed by atoms with van der Waals surface area (Å²) in [4.78, 5) is 2.59. The van der Waals surface area contributed by atoms with Crippen molar-refractivity contribution in [1.82, 2.24) is 4.90 Å². The second kappa shape index (κ2) is 11.9. The number of alkyl halides is 1. The lowest BCUT2D eigenvalue weighted by Gasteiger charge is -2.27. The van der Waals surface area contributed by atoms with Gasteiger partial charge in [-0.25, -0.2) is 0 Å². The van der Waals surface area contributed by atoms with Gasteiger partial charge in [0.1, 0.15) is 0 Å². The van der Waals surface area contributed by atoms with E-state index in [2.05, 4.69) is 42.2 Å². The molecule has 1 aromatic carbocycles. The molecule has 24 heavy (non-hydrogen) atoms. The van der Waals surface area contributed by atoms with Crippen molar-refractivity contribution in [2.45, 2.75) is 76.3 Å². The van der Waals surface area contributed by atoms with E-state index in [4.69, 9.17) is 16.3 Å². The van der Waals surface area contributed by atoms with E-state index in [1.54, 1.807) is 0 Å². The summed E-state index contributed by atoms with van der Waals surface area (Å²) < 4.78 is 6.03. The molecule has 0 heterocycles. The first-order valence-corrected chi connectivity index (χ1v) is 10.2. The van der Waals surface area contributed by atoms with Gasteiger partial charge in [-0.05, 0) is 50.8 Å². The molecular weight excluding hydrogens is 318 g/mol. The van der Waals surface area contributed by atoms with Crippen LogP contribution in [-0.2, 0) is 11.3 Å². The van der Waals surface area contributed by atoms with Crippen molar-refractivity contribution >= 4 is 11.6 Å². The fourth-order valence-corrected chi connectivity index (χ4v) is 3.76. The molecule has 0 saturated heterocycles. The van der Waals surface area contributed by atoms with Gasteiger partial charge in [-0.1, -0.05) is 56.5 Å². The molecule has 0 amide bonds. The molecule has 2 rings (SSSR count). The van der Waals surface area contributed by atoms with Crippen LogP contribution in [0.15, 0.2) is 30.3 Å². The lowest BCUT2D eigenvalue weighted by atomic mass is 9.97. The Hall–Kier alpha value is -0.570. The Morgan fingerprint density at radius 1 is 1.04 bits per heavy atom. The molecule has 2 unspecified atom stereocenters. The number of ether oxygens (including phenoxy) is 1. The molecule has 0 aliphatic heterocycles. The van der Waals surface area contributed by atoms with E-state index < -0.39 is 0 Å². The molecule has 0 aromatic heterocycles. The topological polar surface area (TPSA) is 12.5 Å². The van der Waals surface area contributed by atoms with Crippen LogP contribution in [0.2, 0.25) is 0 Å². The maximum atomic E-state index is 6.36. The molecule has 0 radical (unpaired) electrons. The Bertz CT molecular complexity index is 425. The first-order valence-electron chi connectivity index (χ1n) is 9.81. The van der Waals surface area contributed by atoms with E-state index in [0.29, 0.717) is 6.10 Å². The van der Waals surface area contributed by atoms with Crippen LogP contribution in [0, 0.1) is 0 Å². The highest BCUT2D eigenvalue weighted by atomic mass is 35.5. The minimum Gasteiger partial charge on any atom is -0.377 e. The second-order valence-corrected chi connectivity index (χ2v) is 7.59. The van der Waals surface area contributed by atoms with Crippen LogP contribution in [0.5, 0.6) is 0 Å². The molecule has 0 spiro atoms. The number of rotatable bonds is 11. The molecule has 1 aliphatic carbocycles. The zero-order valence-electron chi connectivity index (χ0n) is 15.3. The van der Waals surface area contributed by atoms with Crippen molar-refractivity contribution in [2.24, 2.45) is 0 Å². The number of nitrogens with zero attached hydrogens (tertiary/aromatic N) is 1. The van der Waals surface area contributed by atoms with Crippen molar-refractivity contribution in [3.05, 3.63) is 35.9 Å². The molecule has 1 saturated carbocycles. The first-order chi connectivity index (χ1) is 11.8. The second-order valence-electron chi connectivity index (χ2n) is 7.03. The molecular formula is C21H34ClNO. The quantitative estimate of drug-likeness (QED) is 0.378. The van der Waals surface area contributed by atoms with Crippen LogP contribution in [0.3, 0.4) is 0 Å². The molecule has 1 aromatic rings. The van der Waals surface area contributed by atoms with Gasteiger partial charge in [0, 0.05) is 13.2 Å². The van der Waals surface area contributed by atoms with E-state index >= 15 is 0 Å². The average Bonchev–Trinajstić information content (AvgIpc) is 2.61. The summed E-state index contributed by atoms with van der Waals surface area (Å²) >= 11 is 6.36. The van der Waals surface area contributed by atoms with Gasteiger partial charge in [0.15, 0.2) is 0 Å². The highest BCUT2D eigenvalue weighted by Crippen LogP contribution is 2.25. The Morgan fingerprint density at radius 2 is 1.79 bits per heavy atom. The molecule has 3 heteroatoms. The Balaban J connectivity index is 1.64. The Kier molecular flexibility index (Phi) is 9.79. The van der Waals surface area contributed by atoms with E-state index in [1.807, 2.05) is 0 Å². The molecule has 136 valence electrons. The summed E-state index contributed by atoms with van der Waals surface area (Å²) in [5.74, 6) is 0. The average molecular weight is 352 g/mol. The summed E-state index contributed by atoms with van der Waals surface area (Å²) in [7, 11) is 0. The van der Waals surface area contributed by atoms with Crippen LogP contribution in [0.4, 0.5) is 0 Å². The zero-order chi connectivity index (χ0) is 17.0. The summed E-state index contributed by atoms with van der Waals surface area (Å²) in [6, 6.07) is 10.8. The lowest BCUT2D eigenvalue weighted by molar-refractivity contribution is 0.0283. The van der Waals surface area contributed by atoms with Crippen molar-refractivity contribution in [3.8, 4) is 0 Å². The van der Waals surface area contributed by atoms with Gasteiger partial charge in [-0.15, -0.1) is 11.6 Å². The van der Waals surface area contributed by atoms with Crippen LogP contribution < -0.4 is 0 Å². The normalized spacial score (nSPS) is 21.3. The number of unbranched alkanes of at least 4 members (excludes halogenated alkanes) is 2. The van der Waals surface area contributed by atoms with Crippen LogP contribution in [-0.4, -0.2) is 36.1 Å². The zero-order valence-corrected chi connectivity index (χ0v) is 16.0. The lowest BCUT2D eigenvalue weighted by Crippen LogP contribution is -2.29. The SMILES string of the molecule is CCCCN(CCCCOC1CCCCC1Cl)Cc1ccccc1. The van der Waals surface area contributed by atoms with Gasteiger partial charge in [0.2, 0.25) is 0 Å². The first kappa shape index (κ1) is 19.8. The third-order valence-corrected chi connectivity index (χ3v) is 5.40. The molecule has 2 nitrogen and oxygen atoms in total. The summed E-state index contributed by atoms with van der Waals surface area (Å²) in [6.45, 7) is 6.54. The fraction of sp³-hybridized carbons (Fsp3) is 0.714. The molecule has 2 atom stereocenters. The van der Waals surface area contributed by atoms with Crippen LogP contribution >= 0.6 is 11.6 Å². The number of benzene rings is 1. The maximum absolute atomic E-state index is 6.36. The minimum absolute atomic E-state index is 0.234. The molecule has 0 N–H and O–H groups in total. The summed E-state index contributed by atoms with van der Waals surface area (Å²) in [5, 5.41) is 0.234. The summed E-state index contributed by atoms with van der Waals surface area (Å²) in [5.41, 5.74) is 1.41.